The van der Waals surface area contributed by atoms with Crippen LogP contribution in [0.25, 0.3) is 22.5 Å². The third kappa shape index (κ3) is 3.59. The Morgan fingerprint density at radius 3 is 2.47 bits per heavy atom. The van der Waals surface area contributed by atoms with E-state index in [1.54, 1.807) is 10.6 Å². The van der Waals surface area contributed by atoms with Crippen LogP contribution in [0.15, 0.2) is 64.2 Å². The molecule has 2 aromatic heterocycles. The van der Waals surface area contributed by atoms with Crippen LogP contribution in [0.4, 0.5) is 0 Å². The van der Waals surface area contributed by atoms with Crippen molar-refractivity contribution in [3.8, 4) is 22.5 Å². The molecule has 0 atom stereocenters. The standard InChI is InChI=1S/C22H22N6O2/c1-3-8-16-13-20(29)27(2)22(30)28(16)14-19-17(15-9-5-4-6-10-15)11-7-12-18(19)21-23-25-26-24-21/h4-7,9-13H,3,8,14H2,1-2H3,(H,23,24,25,26). The first-order valence-electron chi connectivity index (χ1n) is 9.81. The smallest absolute Gasteiger partial charge is 0.293 e. The highest BCUT2D eigenvalue weighted by Gasteiger charge is 2.18. The van der Waals surface area contributed by atoms with Crippen molar-refractivity contribution in [1.82, 2.24) is 29.8 Å². The zero-order valence-electron chi connectivity index (χ0n) is 16.9. The largest absolute Gasteiger partial charge is 0.331 e. The van der Waals surface area contributed by atoms with Gasteiger partial charge in [-0.3, -0.25) is 13.9 Å². The second kappa shape index (κ2) is 8.28. The molecule has 1 N–H and O–H groups in total. The number of hydrogen-bond acceptors (Lipinski definition) is 5. The molecule has 0 amide bonds. The molecule has 2 aromatic carbocycles. The molecule has 152 valence electrons. The number of benzene rings is 2. The topological polar surface area (TPSA) is 98.5 Å². The summed E-state index contributed by atoms with van der Waals surface area (Å²) in [6.07, 6.45) is 1.46. The summed E-state index contributed by atoms with van der Waals surface area (Å²) in [5.74, 6) is 0.456. The molecule has 2 heterocycles. The molecular weight excluding hydrogens is 380 g/mol. The second-order valence-electron chi connectivity index (χ2n) is 7.08. The minimum atomic E-state index is -0.340. The fraction of sp³-hybridized carbons (Fsp3) is 0.227. The van der Waals surface area contributed by atoms with Gasteiger partial charge < -0.3 is 0 Å². The van der Waals surface area contributed by atoms with E-state index >= 15 is 0 Å². The highest BCUT2D eigenvalue weighted by atomic mass is 16.2. The molecule has 0 unspecified atom stereocenters. The van der Waals surface area contributed by atoms with Gasteiger partial charge in [-0.05, 0) is 28.3 Å². The average molecular weight is 402 g/mol. The van der Waals surface area contributed by atoms with Crippen molar-refractivity contribution in [3.05, 3.63) is 86.7 Å². The third-order valence-corrected chi connectivity index (χ3v) is 5.15. The molecule has 8 nitrogen and oxygen atoms in total. The molecule has 8 heteroatoms. The number of H-pyrrole nitrogens is 1. The van der Waals surface area contributed by atoms with Crippen LogP contribution >= 0.6 is 0 Å². The van der Waals surface area contributed by atoms with E-state index in [0.29, 0.717) is 17.9 Å². The van der Waals surface area contributed by atoms with E-state index in [1.165, 1.54) is 7.05 Å². The molecule has 0 radical (unpaired) electrons. The van der Waals surface area contributed by atoms with E-state index in [2.05, 4.69) is 20.6 Å². The maximum atomic E-state index is 13.0. The normalized spacial score (nSPS) is 11.0. The number of nitrogens with one attached hydrogen (secondary N) is 1. The zero-order chi connectivity index (χ0) is 21.1. The summed E-state index contributed by atoms with van der Waals surface area (Å²) < 4.78 is 2.80. The lowest BCUT2D eigenvalue weighted by molar-refractivity contribution is 0.606. The van der Waals surface area contributed by atoms with Crippen LogP contribution in [0.5, 0.6) is 0 Å². The number of aryl methyl sites for hydroxylation is 1. The van der Waals surface area contributed by atoms with E-state index in [4.69, 9.17) is 0 Å². The van der Waals surface area contributed by atoms with E-state index in [-0.39, 0.29) is 17.8 Å². The number of hydrogen-bond donors (Lipinski definition) is 1. The Hall–Kier alpha value is -3.81. The molecule has 0 fully saturated rings. The lowest BCUT2D eigenvalue weighted by Crippen LogP contribution is -2.39. The first kappa shape index (κ1) is 19.5. The summed E-state index contributed by atoms with van der Waals surface area (Å²) in [5, 5.41) is 14.5. The molecule has 0 aliphatic rings. The van der Waals surface area contributed by atoms with Gasteiger partial charge >= 0.3 is 5.69 Å². The number of nitrogens with zero attached hydrogens (tertiary/aromatic N) is 5. The molecule has 0 bridgehead atoms. The van der Waals surface area contributed by atoms with Gasteiger partial charge in [0.2, 0.25) is 5.82 Å². The summed E-state index contributed by atoms with van der Waals surface area (Å²) >= 11 is 0. The molecule has 0 saturated carbocycles. The van der Waals surface area contributed by atoms with Crippen molar-refractivity contribution in [3.63, 3.8) is 0 Å². The molecule has 0 aliphatic carbocycles. The van der Waals surface area contributed by atoms with Crippen molar-refractivity contribution in [2.24, 2.45) is 7.05 Å². The van der Waals surface area contributed by atoms with Gasteiger partial charge in [0.1, 0.15) is 0 Å². The Labute approximate surface area is 172 Å². The Balaban J connectivity index is 1.96. The monoisotopic (exact) mass is 402 g/mol. The van der Waals surface area contributed by atoms with Gasteiger partial charge in [-0.2, -0.15) is 5.21 Å². The van der Waals surface area contributed by atoms with Crippen LogP contribution in [0.2, 0.25) is 0 Å². The zero-order valence-corrected chi connectivity index (χ0v) is 16.9. The predicted octanol–water partition coefficient (Wildman–Crippen LogP) is 2.39. The Morgan fingerprint density at radius 1 is 1.00 bits per heavy atom. The van der Waals surface area contributed by atoms with Crippen LogP contribution < -0.4 is 11.2 Å². The number of aromatic nitrogens is 6. The fourth-order valence-corrected chi connectivity index (χ4v) is 3.64. The van der Waals surface area contributed by atoms with Crippen molar-refractivity contribution < 1.29 is 0 Å². The van der Waals surface area contributed by atoms with Crippen LogP contribution in [-0.4, -0.2) is 29.8 Å². The first-order chi connectivity index (χ1) is 14.6. The summed E-state index contributed by atoms with van der Waals surface area (Å²) in [4.78, 5) is 25.2. The summed E-state index contributed by atoms with van der Waals surface area (Å²) in [6.45, 7) is 2.31. The van der Waals surface area contributed by atoms with E-state index in [1.807, 2.05) is 55.5 Å². The number of aromatic amines is 1. The van der Waals surface area contributed by atoms with Crippen LogP contribution in [0.1, 0.15) is 24.6 Å². The Morgan fingerprint density at radius 2 is 1.77 bits per heavy atom. The highest BCUT2D eigenvalue weighted by Crippen LogP contribution is 2.31. The lowest BCUT2D eigenvalue weighted by Gasteiger charge is -2.18. The predicted molar refractivity (Wildman–Crippen MR) is 114 cm³/mol. The highest BCUT2D eigenvalue weighted by molar-refractivity contribution is 5.76. The summed E-state index contributed by atoms with van der Waals surface area (Å²) in [7, 11) is 1.50. The maximum absolute atomic E-state index is 13.0. The molecule has 4 aromatic rings. The minimum Gasteiger partial charge on any atom is -0.293 e. The minimum absolute atomic E-state index is 0.289. The van der Waals surface area contributed by atoms with Crippen LogP contribution in [0, 0.1) is 0 Å². The quantitative estimate of drug-likeness (QED) is 0.534. The molecule has 0 saturated heterocycles. The molecule has 4 rings (SSSR count). The first-order valence-corrected chi connectivity index (χ1v) is 9.81. The Bertz CT molecular complexity index is 1270. The van der Waals surface area contributed by atoms with E-state index < -0.39 is 0 Å². The van der Waals surface area contributed by atoms with Gasteiger partial charge in [0.25, 0.3) is 5.56 Å². The molecule has 30 heavy (non-hydrogen) atoms. The molecule has 0 aliphatic heterocycles. The van der Waals surface area contributed by atoms with Crippen LogP contribution in [0.3, 0.4) is 0 Å². The second-order valence-corrected chi connectivity index (χ2v) is 7.08. The summed E-state index contributed by atoms with van der Waals surface area (Å²) in [6, 6.07) is 17.4. The summed E-state index contributed by atoms with van der Waals surface area (Å²) in [5.41, 5.74) is 3.75. The Kier molecular flexibility index (Phi) is 5.38. The van der Waals surface area contributed by atoms with Crippen molar-refractivity contribution in [1.29, 1.82) is 0 Å². The van der Waals surface area contributed by atoms with Gasteiger partial charge in [-0.25, -0.2) is 4.79 Å². The molecule has 0 spiro atoms. The lowest BCUT2D eigenvalue weighted by atomic mass is 9.94. The maximum Gasteiger partial charge on any atom is 0.331 e. The SMILES string of the molecule is CCCc1cc(=O)n(C)c(=O)n1Cc1c(-c2ccccc2)cccc1-c1nn[nH]n1. The average Bonchev–Trinajstić information content (AvgIpc) is 3.30. The number of rotatable bonds is 6. The van der Waals surface area contributed by atoms with Gasteiger partial charge in [-0.15, -0.1) is 10.2 Å². The molecular formula is C22H22N6O2. The van der Waals surface area contributed by atoms with Crippen molar-refractivity contribution >= 4 is 0 Å². The van der Waals surface area contributed by atoms with Gasteiger partial charge in [0.15, 0.2) is 0 Å². The van der Waals surface area contributed by atoms with E-state index in [0.717, 1.165) is 33.2 Å². The van der Waals surface area contributed by atoms with Crippen LogP contribution in [-0.2, 0) is 20.0 Å². The van der Waals surface area contributed by atoms with Gasteiger partial charge in [0.05, 0.1) is 6.54 Å². The van der Waals surface area contributed by atoms with Gasteiger partial charge in [0, 0.05) is 24.4 Å². The van der Waals surface area contributed by atoms with E-state index in [9.17, 15) is 9.59 Å². The van der Waals surface area contributed by atoms with Crippen molar-refractivity contribution in [2.75, 3.05) is 0 Å². The third-order valence-electron chi connectivity index (χ3n) is 5.15. The number of tetrazole rings is 1. The fourth-order valence-electron chi connectivity index (χ4n) is 3.64. The van der Waals surface area contributed by atoms with Crippen molar-refractivity contribution in [2.45, 2.75) is 26.3 Å². The van der Waals surface area contributed by atoms with Gasteiger partial charge in [-0.1, -0.05) is 61.9 Å².